The van der Waals surface area contributed by atoms with Crippen LogP contribution in [-0.4, -0.2) is 69.5 Å². The molecule has 8 nitrogen and oxygen atoms in total. The number of likely N-dealkylation sites (tertiary alicyclic amines) is 1. The van der Waals surface area contributed by atoms with Crippen LogP contribution < -0.4 is 0 Å². The number of carbonyl (C=O) groups is 2. The number of nitrogens with one attached hydrogen (secondary N) is 1. The van der Waals surface area contributed by atoms with Crippen molar-refractivity contribution in [2.75, 3.05) is 26.7 Å². The molecule has 1 spiro atoms. The van der Waals surface area contributed by atoms with Crippen molar-refractivity contribution in [1.29, 1.82) is 0 Å². The molecular weight excluding hydrogens is 298 g/mol. The first-order valence-electron chi connectivity index (χ1n) is 7.28. The molecule has 2 saturated heterocycles. The van der Waals surface area contributed by atoms with Crippen molar-refractivity contribution in [1.82, 2.24) is 25.2 Å². The lowest BCUT2D eigenvalue weighted by molar-refractivity contribution is -0.0583. The molecule has 0 radical (unpaired) electrons. The number of aromatic nitrogens is 3. The molecule has 2 fully saturated rings. The van der Waals surface area contributed by atoms with Gasteiger partial charge in [-0.2, -0.15) is 15.4 Å². The van der Waals surface area contributed by atoms with E-state index in [-0.39, 0.29) is 17.7 Å². The third kappa shape index (κ3) is 2.14. The van der Waals surface area contributed by atoms with E-state index < -0.39 is 5.60 Å². The normalized spacial score (nSPS) is 18.9. The summed E-state index contributed by atoms with van der Waals surface area (Å²) < 4.78 is 5.36. The van der Waals surface area contributed by atoms with E-state index in [0.717, 1.165) is 5.56 Å². The fourth-order valence-corrected chi connectivity index (χ4v) is 3.08. The van der Waals surface area contributed by atoms with Gasteiger partial charge >= 0.3 is 6.09 Å². The monoisotopic (exact) mass is 313 g/mol. The number of benzene rings is 1. The summed E-state index contributed by atoms with van der Waals surface area (Å²) >= 11 is 0. The van der Waals surface area contributed by atoms with Crippen molar-refractivity contribution >= 4 is 12.0 Å². The van der Waals surface area contributed by atoms with Crippen LogP contribution in [0.4, 0.5) is 4.79 Å². The number of likely N-dealkylation sites (N-methyl/N-ethyl adjacent to an activating group) is 1. The molecule has 0 aliphatic carbocycles. The van der Waals surface area contributed by atoms with E-state index in [1.165, 1.54) is 4.90 Å². The van der Waals surface area contributed by atoms with Crippen molar-refractivity contribution in [2.24, 2.45) is 0 Å². The molecular formula is C15H15N5O3. The number of H-pyrrole nitrogens is 1. The van der Waals surface area contributed by atoms with Crippen LogP contribution in [0.25, 0.3) is 11.3 Å². The van der Waals surface area contributed by atoms with Gasteiger partial charge in [0.1, 0.15) is 5.69 Å². The molecule has 8 heteroatoms. The minimum absolute atomic E-state index is 0.214. The van der Waals surface area contributed by atoms with Gasteiger partial charge in [-0.3, -0.25) is 4.79 Å². The maximum Gasteiger partial charge on any atom is 0.410 e. The Bertz CT molecular complexity index is 766. The fraction of sp³-hybridized carbons (Fsp3) is 0.333. The summed E-state index contributed by atoms with van der Waals surface area (Å²) in [5.74, 6) is -0.214. The van der Waals surface area contributed by atoms with Crippen LogP contribution in [-0.2, 0) is 4.74 Å². The van der Waals surface area contributed by atoms with Crippen LogP contribution in [0.5, 0.6) is 0 Å². The van der Waals surface area contributed by atoms with Gasteiger partial charge in [0.15, 0.2) is 11.3 Å². The zero-order valence-electron chi connectivity index (χ0n) is 12.5. The topological polar surface area (TPSA) is 91.4 Å². The molecule has 2 aromatic rings. The number of hydrogen-bond donors (Lipinski definition) is 1. The molecule has 1 N–H and O–H groups in total. The largest absolute Gasteiger partial charge is 0.437 e. The Morgan fingerprint density at radius 2 is 1.96 bits per heavy atom. The van der Waals surface area contributed by atoms with Gasteiger partial charge in [0, 0.05) is 12.6 Å². The summed E-state index contributed by atoms with van der Waals surface area (Å²) in [5, 5.41) is 10.6. The van der Waals surface area contributed by atoms with E-state index in [4.69, 9.17) is 4.74 Å². The second-order valence-corrected chi connectivity index (χ2v) is 5.96. The van der Waals surface area contributed by atoms with Crippen molar-refractivity contribution in [3.8, 4) is 11.3 Å². The standard InChI is InChI=1S/C15H15N5O3/c1-19-7-15(23-14(19)22)8-20(9-15)13(21)12-11(16-18-17-12)10-5-3-2-4-6-10/h2-6H,7-9H2,1H3,(H,16,17,18). The molecule has 1 aromatic carbocycles. The lowest BCUT2D eigenvalue weighted by atomic mass is 9.93. The Hall–Kier alpha value is -2.90. The lowest BCUT2D eigenvalue weighted by Gasteiger charge is -2.45. The maximum atomic E-state index is 12.6. The highest BCUT2D eigenvalue weighted by Gasteiger charge is 2.54. The van der Waals surface area contributed by atoms with Gasteiger partial charge in [-0.15, -0.1) is 0 Å². The molecule has 0 bridgehead atoms. The Kier molecular flexibility index (Phi) is 2.87. The zero-order valence-corrected chi connectivity index (χ0v) is 12.5. The predicted octanol–water partition coefficient (Wildman–Crippen LogP) is 0.748. The van der Waals surface area contributed by atoms with Gasteiger partial charge in [0.05, 0.1) is 19.6 Å². The van der Waals surface area contributed by atoms with Crippen LogP contribution in [0, 0.1) is 0 Å². The van der Waals surface area contributed by atoms with Crippen molar-refractivity contribution in [3.63, 3.8) is 0 Å². The second-order valence-electron chi connectivity index (χ2n) is 5.96. The Morgan fingerprint density at radius 1 is 1.22 bits per heavy atom. The number of amides is 2. The minimum Gasteiger partial charge on any atom is -0.437 e. The molecule has 23 heavy (non-hydrogen) atoms. The van der Waals surface area contributed by atoms with Crippen LogP contribution in [0.2, 0.25) is 0 Å². The van der Waals surface area contributed by atoms with E-state index in [9.17, 15) is 9.59 Å². The van der Waals surface area contributed by atoms with Gasteiger partial charge in [-0.25, -0.2) is 4.79 Å². The van der Waals surface area contributed by atoms with Crippen LogP contribution in [0.3, 0.4) is 0 Å². The van der Waals surface area contributed by atoms with Crippen LogP contribution >= 0.6 is 0 Å². The van der Waals surface area contributed by atoms with Gasteiger partial charge in [-0.1, -0.05) is 30.3 Å². The first-order chi connectivity index (χ1) is 11.1. The third-order valence-corrected chi connectivity index (χ3v) is 4.18. The Balaban J connectivity index is 1.52. The summed E-state index contributed by atoms with van der Waals surface area (Å²) in [7, 11) is 1.69. The zero-order chi connectivity index (χ0) is 16.0. The number of aromatic amines is 1. The minimum atomic E-state index is -0.571. The predicted molar refractivity (Wildman–Crippen MR) is 79.6 cm³/mol. The third-order valence-electron chi connectivity index (χ3n) is 4.18. The van der Waals surface area contributed by atoms with E-state index in [0.29, 0.717) is 25.3 Å². The van der Waals surface area contributed by atoms with E-state index in [1.807, 2.05) is 30.3 Å². The highest BCUT2D eigenvalue weighted by atomic mass is 16.6. The summed E-state index contributed by atoms with van der Waals surface area (Å²) in [5.41, 5.74) is 1.06. The number of carbonyl (C=O) groups excluding carboxylic acids is 2. The van der Waals surface area contributed by atoms with Crippen LogP contribution in [0.15, 0.2) is 30.3 Å². The molecule has 4 rings (SSSR count). The second kappa shape index (κ2) is 4.80. The van der Waals surface area contributed by atoms with Gasteiger partial charge in [0.25, 0.3) is 5.91 Å². The number of rotatable bonds is 2. The highest BCUT2D eigenvalue weighted by Crippen LogP contribution is 2.33. The SMILES string of the molecule is CN1CC2(CN(C(=O)c3n[nH]nc3-c3ccccc3)C2)OC1=O. The van der Waals surface area contributed by atoms with E-state index in [1.54, 1.807) is 11.9 Å². The summed E-state index contributed by atoms with van der Waals surface area (Å²) in [4.78, 5) is 27.3. The van der Waals surface area contributed by atoms with E-state index >= 15 is 0 Å². The lowest BCUT2D eigenvalue weighted by Crippen LogP contribution is -2.65. The summed E-state index contributed by atoms with van der Waals surface area (Å²) in [6, 6.07) is 9.41. The average Bonchev–Trinajstić information content (AvgIpc) is 3.11. The molecule has 3 heterocycles. The molecule has 2 amide bonds. The van der Waals surface area contributed by atoms with E-state index in [2.05, 4.69) is 15.4 Å². The number of hydrogen-bond acceptors (Lipinski definition) is 5. The fourth-order valence-electron chi connectivity index (χ4n) is 3.08. The Labute approximate surface area is 132 Å². The number of ether oxygens (including phenoxy) is 1. The van der Waals surface area contributed by atoms with Crippen molar-refractivity contribution in [2.45, 2.75) is 5.60 Å². The molecule has 2 aliphatic heterocycles. The smallest absolute Gasteiger partial charge is 0.410 e. The number of nitrogens with zero attached hydrogens (tertiary/aromatic N) is 4. The summed E-state index contributed by atoms with van der Waals surface area (Å²) in [6.45, 7) is 1.26. The molecule has 2 aliphatic rings. The molecule has 0 unspecified atom stereocenters. The van der Waals surface area contributed by atoms with Crippen molar-refractivity contribution in [3.05, 3.63) is 36.0 Å². The van der Waals surface area contributed by atoms with Crippen LogP contribution in [0.1, 0.15) is 10.5 Å². The molecule has 1 aromatic heterocycles. The quantitative estimate of drug-likeness (QED) is 0.883. The highest BCUT2D eigenvalue weighted by molar-refractivity contribution is 5.98. The Morgan fingerprint density at radius 3 is 2.61 bits per heavy atom. The molecule has 118 valence electrons. The van der Waals surface area contributed by atoms with Gasteiger partial charge in [0.2, 0.25) is 0 Å². The van der Waals surface area contributed by atoms with Crippen molar-refractivity contribution < 1.29 is 14.3 Å². The first kappa shape index (κ1) is 13.7. The molecule has 0 atom stereocenters. The molecule has 0 saturated carbocycles. The van der Waals surface area contributed by atoms with Gasteiger partial charge in [-0.05, 0) is 0 Å². The average molecular weight is 313 g/mol. The maximum absolute atomic E-state index is 12.6. The van der Waals surface area contributed by atoms with Gasteiger partial charge < -0.3 is 14.5 Å². The summed E-state index contributed by atoms with van der Waals surface area (Å²) in [6.07, 6.45) is -0.344. The first-order valence-corrected chi connectivity index (χ1v) is 7.28.